The minimum absolute atomic E-state index is 0.387. The van der Waals surface area contributed by atoms with E-state index in [0.29, 0.717) is 17.7 Å². The van der Waals surface area contributed by atoms with E-state index in [4.69, 9.17) is 9.57 Å². The van der Waals surface area contributed by atoms with Crippen molar-refractivity contribution < 1.29 is 29.4 Å². The van der Waals surface area contributed by atoms with Gasteiger partial charge in [0.2, 0.25) is 11.8 Å². The van der Waals surface area contributed by atoms with E-state index in [0.717, 1.165) is 12.8 Å². The third-order valence-electron chi connectivity index (χ3n) is 3.38. The first-order valence-electron chi connectivity index (χ1n) is 7.50. The quantitative estimate of drug-likeness (QED) is 0.857. The van der Waals surface area contributed by atoms with E-state index in [1.54, 1.807) is 20.8 Å². The SMILES string of the molecule is CC(C)(C)OC(=O)N1CCCCC1C(=O)On1c(O)ccc1O. The normalized spacial score (nSPS) is 18.6. The monoisotopic (exact) mass is 326 g/mol. The highest BCUT2D eigenvalue weighted by Gasteiger charge is 2.36. The Labute approximate surface area is 134 Å². The molecule has 2 N–H and O–H groups in total. The second-order valence-electron chi connectivity index (χ2n) is 6.44. The lowest BCUT2D eigenvalue weighted by Gasteiger charge is -2.35. The number of nitrogens with zero attached hydrogens (tertiary/aromatic N) is 2. The van der Waals surface area contributed by atoms with Gasteiger partial charge < -0.3 is 19.8 Å². The summed E-state index contributed by atoms with van der Waals surface area (Å²) in [6.45, 7) is 5.63. The van der Waals surface area contributed by atoms with Crippen molar-refractivity contribution in [3.63, 3.8) is 0 Å². The van der Waals surface area contributed by atoms with Crippen molar-refractivity contribution in [1.29, 1.82) is 0 Å². The lowest BCUT2D eigenvalue weighted by Crippen LogP contribution is -2.51. The van der Waals surface area contributed by atoms with Gasteiger partial charge in [0.05, 0.1) is 0 Å². The van der Waals surface area contributed by atoms with E-state index >= 15 is 0 Å². The Kier molecular flexibility index (Phi) is 4.72. The van der Waals surface area contributed by atoms with Crippen molar-refractivity contribution in [3.8, 4) is 11.8 Å². The molecule has 0 aromatic carbocycles. The van der Waals surface area contributed by atoms with E-state index in [9.17, 15) is 19.8 Å². The van der Waals surface area contributed by atoms with Crippen molar-refractivity contribution in [1.82, 2.24) is 9.63 Å². The molecule has 1 fully saturated rings. The molecule has 0 bridgehead atoms. The first-order valence-corrected chi connectivity index (χ1v) is 7.50. The van der Waals surface area contributed by atoms with Gasteiger partial charge in [0.15, 0.2) is 0 Å². The minimum atomic E-state index is -0.820. The summed E-state index contributed by atoms with van der Waals surface area (Å²) >= 11 is 0. The van der Waals surface area contributed by atoms with Crippen LogP contribution >= 0.6 is 0 Å². The molecule has 23 heavy (non-hydrogen) atoms. The zero-order valence-corrected chi connectivity index (χ0v) is 13.5. The molecule has 8 heteroatoms. The number of carbonyl (C=O) groups excluding carboxylic acids is 2. The van der Waals surface area contributed by atoms with Gasteiger partial charge in [0, 0.05) is 18.7 Å². The lowest BCUT2D eigenvalue weighted by atomic mass is 10.0. The maximum Gasteiger partial charge on any atom is 0.411 e. The number of carbonyl (C=O) groups is 2. The van der Waals surface area contributed by atoms with Gasteiger partial charge in [-0.15, -0.1) is 4.73 Å². The Balaban J connectivity index is 2.11. The molecule has 2 rings (SSSR count). The maximum absolute atomic E-state index is 12.3. The highest BCUT2D eigenvalue weighted by Crippen LogP contribution is 2.23. The fourth-order valence-corrected chi connectivity index (χ4v) is 2.36. The van der Waals surface area contributed by atoms with Gasteiger partial charge in [0.25, 0.3) is 0 Å². The van der Waals surface area contributed by atoms with Crippen molar-refractivity contribution in [3.05, 3.63) is 12.1 Å². The standard InChI is InChI=1S/C15H22N2O6/c1-15(2,3)22-14(21)16-9-5-4-6-10(16)13(20)23-17-11(18)7-8-12(17)19/h7-8,10,18-19H,4-6,9H2,1-3H3. The molecule has 2 heterocycles. The first kappa shape index (κ1) is 17.0. The minimum Gasteiger partial charge on any atom is -0.492 e. The molecule has 0 saturated carbocycles. The van der Waals surface area contributed by atoms with Crippen LogP contribution in [0.3, 0.4) is 0 Å². The van der Waals surface area contributed by atoms with Crippen LogP contribution in [-0.2, 0) is 9.53 Å². The highest BCUT2D eigenvalue weighted by atomic mass is 16.7. The fraction of sp³-hybridized carbons (Fsp3) is 0.600. The number of rotatable bonds is 2. The predicted octanol–water partition coefficient (Wildman–Crippen LogP) is 1.64. The van der Waals surface area contributed by atoms with Crippen molar-refractivity contribution >= 4 is 12.1 Å². The van der Waals surface area contributed by atoms with E-state index in [2.05, 4.69) is 0 Å². The lowest BCUT2D eigenvalue weighted by molar-refractivity contribution is -0.152. The van der Waals surface area contributed by atoms with Crippen LogP contribution in [0.15, 0.2) is 12.1 Å². The summed E-state index contributed by atoms with van der Waals surface area (Å²) in [6.07, 6.45) is 1.38. The third-order valence-corrected chi connectivity index (χ3v) is 3.38. The van der Waals surface area contributed by atoms with Crippen LogP contribution in [0.4, 0.5) is 4.79 Å². The smallest absolute Gasteiger partial charge is 0.411 e. The van der Waals surface area contributed by atoms with E-state index in [1.807, 2.05) is 0 Å². The largest absolute Gasteiger partial charge is 0.492 e. The Morgan fingerprint density at radius 3 is 2.35 bits per heavy atom. The van der Waals surface area contributed by atoms with Crippen molar-refractivity contribution in [2.24, 2.45) is 0 Å². The molecule has 1 amide bonds. The Morgan fingerprint density at radius 1 is 1.17 bits per heavy atom. The summed E-state index contributed by atoms with van der Waals surface area (Å²) in [7, 11) is 0. The number of ether oxygens (including phenoxy) is 1. The van der Waals surface area contributed by atoms with Crippen LogP contribution in [0.1, 0.15) is 40.0 Å². The highest BCUT2D eigenvalue weighted by molar-refractivity contribution is 5.82. The van der Waals surface area contributed by atoms with Gasteiger partial charge in [-0.2, -0.15) is 0 Å². The Bertz CT molecular complexity index is 570. The zero-order chi connectivity index (χ0) is 17.2. The van der Waals surface area contributed by atoms with Gasteiger partial charge in [-0.05, 0) is 40.0 Å². The molecule has 1 aliphatic heterocycles. The molecule has 1 saturated heterocycles. The molecule has 8 nitrogen and oxygen atoms in total. The predicted molar refractivity (Wildman–Crippen MR) is 79.9 cm³/mol. The topological polar surface area (TPSA) is 101 Å². The molecule has 1 aliphatic rings. The number of hydrogen-bond acceptors (Lipinski definition) is 6. The number of aromatic hydroxyl groups is 2. The van der Waals surface area contributed by atoms with Crippen LogP contribution in [0, 0.1) is 0 Å². The van der Waals surface area contributed by atoms with Gasteiger partial charge in [-0.25, -0.2) is 9.59 Å². The number of aromatic nitrogens is 1. The fourth-order valence-electron chi connectivity index (χ4n) is 2.36. The van der Waals surface area contributed by atoms with Gasteiger partial charge in [-0.1, -0.05) is 0 Å². The summed E-state index contributed by atoms with van der Waals surface area (Å²) in [4.78, 5) is 30.9. The van der Waals surface area contributed by atoms with Crippen LogP contribution < -0.4 is 4.84 Å². The second-order valence-corrected chi connectivity index (χ2v) is 6.44. The third kappa shape index (κ3) is 4.08. The summed E-state index contributed by atoms with van der Waals surface area (Å²) < 4.78 is 5.93. The molecule has 1 atom stereocenters. The van der Waals surface area contributed by atoms with Crippen LogP contribution in [0.25, 0.3) is 0 Å². The Hall–Kier alpha value is -2.38. The van der Waals surface area contributed by atoms with E-state index < -0.39 is 35.5 Å². The summed E-state index contributed by atoms with van der Waals surface area (Å²) in [6, 6.07) is 1.56. The molecule has 0 aliphatic carbocycles. The summed E-state index contributed by atoms with van der Waals surface area (Å²) in [5, 5.41) is 19.1. The number of amides is 1. The van der Waals surface area contributed by atoms with Crippen molar-refractivity contribution in [2.75, 3.05) is 6.54 Å². The maximum atomic E-state index is 12.3. The van der Waals surface area contributed by atoms with Crippen molar-refractivity contribution in [2.45, 2.75) is 51.7 Å². The summed E-state index contributed by atoms with van der Waals surface area (Å²) in [5.41, 5.74) is -0.667. The van der Waals surface area contributed by atoms with Gasteiger partial charge in [0.1, 0.15) is 11.6 Å². The molecular formula is C15H22N2O6. The van der Waals surface area contributed by atoms with Gasteiger partial charge >= 0.3 is 12.1 Å². The number of likely N-dealkylation sites (tertiary alicyclic amines) is 1. The molecular weight excluding hydrogens is 304 g/mol. The van der Waals surface area contributed by atoms with Crippen LogP contribution in [-0.4, -0.2) is 50.1 Å². The second kappa shape index (κ2) is 6.39. The Morgan fingerprint density at radius 2 is 1.78 bits per heavy atom. The molecule has 0 radical (unpaired) electrons. The molecule has 128 valence electrons. The molecule has 0 spiro atoms. The van der Waals surface area contributed by atoms with Gasteiger partial charge in [-0.3, -0.25) is 4.90 Å². The van der Waals surface area contributed by atoms with E-state index in [-0.39, 0.29) is 0 Å². The zero-order valence-electron chi connectivity index (χ0n) is 13.5. The summed E-state index contributed by atoms with van der Waals surface area (Å²) in [5.74, 6) is -1.55. The number of piperidine rings is 1. The number of hydrogen-bond donors (Lipinski definition) is 2. The average Bonchev–Trinajstić information content (AvgIpc) is 2.77. The molecule has 1 aromatic rings. The average molecular weight is 326 g/mol. The van der Waals surface area contributed by atoms with Crippen LogP contribution in [0.5, 0.6) is 11.8 Å². The first-order chi connectivity index (χ1) is 10.7. The van der Waals surface area contributed by atoms with Crippen LogP contribution in [0.2, 0.25) is 0 Å². The molecule has 1 aromatic heterocycles. The van der Waals surface area contributed by atoms with E-state index in [1.165, 1.54) is 17.0 Å². The molecule has 1 unspecified atom stereocenters.